The lowest BCUT2D eigenvalue weighted by Gasteiger charge is -2.22. The highest BCUT2D eigenvalue weighted by Crippen LogP contribution is 2.27. The summed E-state index contributed by atoms with van der Waals surface area (Å²) in [4.78, 5) is 36.4. The van der Waals surface area contributed by atoms with Crippen molar-refractivity contribution in [3.05, 3.63) is 59.7 Å². The quantitative estimate of drug-likeness (QED) is 0.629. The van der Waals surface area contributed by atoms with Crippen LogP contribution in [0.5, 0.6) is 0 Å². The maximum Gasteiger partial charge on any atom is 0.337 e. The number of carbonyl (C=O) groups excluding carboxylic acids is 3. The SMILES string of the molecule is COC(=O)c1cccc(NC(=O)COC(=O)C2CCCN2S(=O)(=O)c2ccc(C)cc2)c1. The number of esters is 2. The minimum atomic E-state index is -3.86. The van der Waals surface area contributed by atoms with E-state index in [0.29, 0.717) is 18.5 Å². The number of ether oxygens (including phenoxy) is 2. The summed E-state index contributed by atoms with van der Waals surface area (Å²) in [5.74, 6) is -1.95. The molecule has 0 aromatic heterocycles. The largest absolute Gasteiger partial charge is 0.465 e. The number of nitrogens with zero attached hydrogens (tertiary/aromatic N) is 1. The average Bonchev–Trinajstić information content (AvgIpc) is 3.28. The maximum absolute atomic E-state index is 13.0. The van der Waals surface area contributed by atoms with Crippen LogP contribution < -0.4 is 5.32 Å². The number of benzene rings is 2. The Bertz CT molecular complexity index is 1110. The molecule has 2 aromatic rings. The molecule has 10 heteroatoms. The molecule has 32 heavy (non-hydrogen) atoms. The molecule has 2 aromatic carbocycles. The third kappa shape index (κ3) is 5.32. The van der Waals surface area contributed by atoms with Gasteiger partial charge >= 0.3 is 11.9 Å². The van der Waals surface area contributed by atoms with Crippen LogP contribution in [0.1, 0.15) is 28.8 Å². The van der Waals surface area contributed by atoms with Gasteiger partial charge in [-0.3, -0.25) is 9.59 Å². The van der Waals surface area contributed by atoms with E-state index in [1.807, 2.05) is 6.92 Å². The van der Waals surface area contributed by atoms with Gasteiger partial charge in [-0.2, -0.15) is 4.31 Å². The van der Waals surface area contributed by atoms with Crippen molar-refractivity contribution in [3.8, 4) is 0 Å². The van der Waals surface area contributed by atoms with E-state index in [1.54, 1.807) is 24.3 Å². The van der Waals surface area contributed by atoms with Crippen LogP contribution >= 0.6 is 0 Å². The minimum Gasteiger partial charge on any atom is -0.465 e. The highest BCUT2D eigenvalue weighted by Gasteiger charge is 2.40. The number of sulfonamides is 1. The van der Waals surface area contributed by atoms with E-state index in [9.17, 15) is 22.8 Å². The van der Waals surface area contributed by atoms with Gasteiger partial charge in [-0.05, 0) is 50.1 Å². The van der Waals surface area contributed by atoms with Gasteiger partial charge in [-0.25, -0.2) is 13.2 Å². The molecule has 1 aliphatic rings. The number of hydrogen-bond acceptors (Lipinski definition) is 7. The van der Waals surface area contributed by atoms with Gasteiger partial charge in [0.2, 0.25) is 10.0 Å². The fourth-order valence-electron chi connectivity index (χ4n) is 3.38. The first-order valence-corrected chi connectivity index (χ1v) is 11.4. The van der Waals surface area contributed by atoms with Crippen LogP contribution in [-0.4, -0.2) is 56.9 Å². The molecule has 0 spiro atoms. The molecule has 0 bridgehead atoms. The van der Waals surface area contributed by atoms with Crippen molar-refractivity contribution in [3.63, 3.8) is 0 Å². The van der Waals surface area contributed by atoms with E-state index < -0.39 is 40.5 Å². The predicted molar refractivity (Wildman–Crippen MR) is 115 cm³/mol. The molecule has 0 radical (unpaired) electrons. The maximum atomic E-state index is 13.0. The third-order valence-corrected chi connectivity index (χ3v) is 6.94. The van der Waals surface area contributed by atoms with E-state index in [4.69, 9.17) is 4.74 Å². The molecule has 1 N–H and O–H groups in total. The van der Waals surface area contributed by atoms with Gasteiger partial charge in [0, 0.05) is 12.2 Å². The molecule has 1 saturated heterocycles. The Hall–Kier alpha value is -3.24. The molecule has 1 fully saturated rings. The second kappa shape index (κ2) is 9.92. The highest BCUT2D eigenvalue weighted by atomic mass is 32.2. The van der Waals surface area contributed by atoms with Crippen molar-refractivity contribution in [2.75, 3.05) is 25.6 Å². The van der Waals surface area contributed by atoms with Crippen molar-refractivity contribution >= 4 is 33.6 Å². The van der Waals surface area contributed by atoms with Gasteiger partial charge in [-0.1, -0.05) is 23.8 Å². The van der Waals surface area contributed by atoms with Crippen LogP contribution in [0.15, 0.2) is 53.4 Å². The first-order chi connectivity index (χ1) is 15.2. The minimum absolute atomic E-state index is 0.103. The number of nitrogens with one attached hydrogen (secondary N) is 1. The smallest absolute Gasteiger partial charge is 0.337 e. The number of amides is 1. The molecule has 9 nitrogen and oxygen atoms in total. The van der Waals surface area contributed by atoms with Crippen LogP contribution in [0.2, 0.25) is 0 Å². The molecule has 1 atom stereocenters. The molecule has 1 aliphatic heterocycles. The Balaban J connectivity index is 1.61. The fourth-order valence-corrected chi connectivity index (χ4v) is 5.03. The van der Waals surface area contributed by atoms with E-state index in [2.05, 4.69) is 10.1 Å². The highest BCUT2D eigenvalue weighted by molar-refractivity contribution is 7.89. The van der Waals surface area contributed by atoms with Gasteiger partial charge in [0.1, 0.15) is 6.04 Å². The molecule has 1 heterocycles. The summed E-state index contributed by atoms with van der Waals surface area (Å²) in [6, 6.07) is 11.5. The number of carbonyl (C=O) groups is 3. The topological polar surface area (TPSA) is 119 Å². The van der Waals surface area contributed by atoms with Gasteiger partial charge in [0.05, 0.1) is 17.6 Å². The molecule has 3 rings (SSSR count). The number of methoxy groups -OCH3 is 1. The van der Waals surface area contributed by atoms with Crippen LogP contribution in [0.3, 0.4) is 0 Å². The Morgan fingerprint density at radius 2 is 1.84 bits per heavy atom. The summed E-state index contributed by atoms with van der Waals surface area (Å²) in [6.07, 6.45) is 0.824. The van der Waals surface area contributed by atoms with Crippen molar-refractivity contribution in [2.24, 2.45) is 0 Å². The normalized spacial score (nSPS) is 16.4. The first-order valence-electron chi connectivity index (χ1n) is 9.96. The summed E-state index contributed by atoms with van der Waals surface area (Å²) < 4.78 is 36.8. The standard InChI is InChI=1S/C22H24N2O7S/c1-15-8-10-18(11-9-15)32(28,29)24-12-4-7-19(24)22(27)31-14-20(25)23-17-6-3-5-16(13-17)21(26)30-2/h3,5-6,8-11,13,19H,4,7,12,14H2,1-2H3,(H,23,25). The second-order valence-electron chi connectivity index (χ2n) is 7.32. The zero-order valence-corrected chi connectivity index (χ0v) is 18.6. The lowest BCUT2D eigenvalue weighted by Crippen LogP contribution is -2.42. The molecular weight excluding hydrogens is 436 g/mol. The average molecular weight is 461 g/mol. The van der Waals surface area contributed by atoms with Crippen LogP contribution in [-0.2, 0) is 29.1 Å². The van der Waals surface area contributed by atoms with Gasteiger partial charge in [0.25, 0.3) is 5.91 Å². The molecule has 0 aliphatic carbocycles. The van der Waals surface area contributed by atoms with Gasteiger partial charge in [0.15, 0.2) is 6.61 Å². The summed E-state index contributed by atoms with van der Waals surface area (Å²) >= 11 is 0. The van der Waals surface area contributed by atoms with Crippen LogP contribution in [0.25, 0.3) is 0 Å². The fraction of sp³-hybridized carbons (Fsp3) is 0.318. The Morgan fingerprint density at radius 1 is 1.12 bits per heavy atom. The molecule has 0 saturated carbocycles. The Kier molecular flexibility index (Phi) is 7.26. The van der Waals surface area contributed by atoms with Crippen molar-refractivity contribution in [2.45, 2.75) is 30.7 Å². The molecular formula is C22H24N2O7S. The van der Waals surface area contributed by atoms with Crippen molar-refractivity contribution in [1.82, 2.24) is 4.31 Å². The lowest BCUT2D eigenvalue weighted by molar-refractivity contribution is -0.150. The third-order valence-electron chi connectivity index (χ3n) is 5.02. The van der Waals surface area contributed by atoms with Gasteiger partial charge < -0.3 is 14.8 Å². The lowest BCUT2D eigenvalue weighted by atomic mass is 10.2. The molecule has 1 amide bonds. The van der Waals surface area contributed by atoms with E-state index in [0.717, 1.165) is 9.87 Å². The summed E-state index contributed by atoms with van der Waals surface area (Å²) in [5, 5.41) is 2.52. The zero-order valence-electron chi connectivity index (χ0n) is 17.7. The van der Waals surface area contributed by atoms with Crippen molar-refractivity contribution < 1.29 is 32.3 Å². The number of aryl methyl sites for hydroxylation is 1. The van der Waals surface area contributed by atoms with E-state index >= 15 is 0 Å². The number of anilines is 1. The Labute approximate surface area is 186 Å². The monoisotopic (exact) mass is 460 g/mol. The molecule has 1 unspecified atom stereocenters. The van der Waals surface area contributed by atoms with E-state index in [1.165, 1.54) is 31.4 Å². The summed E-state index contributed by atoms with van der Waals surface area (Å²) in [7, 11) is -2.62. The molecule has 170 valence electrons. The number of hydrogen-bond donors (Lipinski definition) is 1. The zero-order chi connectivity index (χ0) is 23.3. The van der Waals surface area contributed by atoms with Crippen LogP contribution in [0, 0.1) is 6.92 Å². The summed E-state index contributed by atoms with van der Waals surface area (Å²) in [5.41, 5.74) is 1.51. The van der Waals surface area contributed by atoms with Crippen molar-refractivity contribution in [1.29, 1.82) is 0 Å². The van der Waals surface area contributed by atoms with E-state index in [-0.39, 0.29) is 17.0 Å². The second-order valence-corrected chi connectivity index (χ2v) is 9.21. The Morgan fingerprint density at radius 3 is 2.53 bits per heavy atom. The van der Waals surface area contributed by atoms with Gasteiger partial charge in [-0.15, -0.1) is 0 Å². The predicted octanol–water partition coefficient (Wildman–Crippen LogP) is 2.12. The first kappa shape index (κ1) is 23.4. The van der Waals surface area contributed by atoms with Crippen LogP contribution in [0.4, 0.5) is 5.69 Å². The summed E-state index contributed by atoms with van der Waals surface area (Å²) in [6.45, 7) is 1.46. The number of rotatable bonds is 7.